The van der Waals surface area contributed by atoms with Crippen molar-refractivity contribution in [2.24, 2.45) is 0 Å². The molecule has 36 heavy (non-hydrogen) atoms. The first-order valence-electron chi connectivity index (χ1n) is 12.5. The number of carbonyl (C=O) groups excluding carboxylic acids is 3. The molecule has 0 aromatic heterocycles. The van der Waals surface area contributed by atoms with Crippen LogP contribution in [0.4, 0.5) is 4.79 Å². The van der Waals surface area contributed by atoms with E-state index in [1.807, 2.05) is 37.3 Å². The van der Waals surface area contributed by atoms with E-state index in [-0.39, 0.29) is 24.6 Å². The van der Waals surface area contributed by atoms with Crippen molar-refractivity contribution < 1.29 is 24.2 Å². The van der Waals surface area contributed by atoms with E-state index in [9.17, 15) is 19.5 Å². The average Bonchev–Trinajstić information content (AvgIpc) is 2.81. The molecule has 0 aliphatic rings. The van der Waals surface area contributed by atoms with Crippen molar-refractivity contribution in [3.8, 4) is 5.75 Å². The molecule has 0 bridgehead atoms. The van der Waals surface area contributed by atoms with Gasteiger partial charge in [0, 0.05) is 19.5 Å². The number of amides is 3. The van der Waals surface area contributed by atoms with Gasteiger partial charge in [-0.05, 0) is 57.4 Å². The number of phenolic OH excluding ortho intramolecular Hbond substituents is 1. The van der Waals surface area contributed by atoms with E-state index in [1.165, 1.54) is 17.0 Å². The third-order valence-electron chi connectivity index (χ3n) is 5.47. The molecule has 0 radical (unpaired) electrons. The molecule has 8 nitrogen and oxygen atoms in total. The van der Waals surface area contributed by atoms with Gasteiger partial charge < -0.3 is 25.4 Å². The molecule has 2 rings (SSSR count). The third-order valence-corrected chi connectivity index (χ3v) is 5.47. The molecule has 2 aromatic carbocycles. The second-order valence-corrected chi connectivity index (χ2v) is 9.65. The van der Waals surface area contributed by atoms with Crippen LogP contribution in [0.15, 0.2) is 54.6 Å². The third kappa shape index (κ3) is 8.91. The molecule has 2 aromatic rings. The summed E-state index contributed by atoms with van der Waals surface area (Å²) in [5, 5.41) is 15.7. The number of phenols is 1. The van der Waals surface area contributed by atoms with E-state index in [0.29, 0.717) is 12.1 Å². The molecule has 2 unspecified atom stereocenters. The van der Waals surface area contributed by atoms with Gasteiger partial charge in [-0.2, -0.15) is 0 Å². The summed E-state index contributed by atoms with van der Waals surface area (Å²) in [5.74, 6) is -0.777. The highest BCUT2D eigenvalue weighted by Gasteiger charge is 2.35. The standard InChI is InChI=1S/C28H39N3O5/c1-6-8-17-29-25(33)24(21-15-12-16-22(32)19-21)31(7-2)26(34)23(18-20-13-10-9-11-14-20)30-27(35)36-28(3,4)5/h9-16,19,23-24,32H,6-8,17-18H2,1-5H3,(H,29,33)(H,30,35). The van der Waals surface area contributed by atoms with E-state index < -0.39 is 29.7 Å². The molecule has 2 atom stereocenters. The van der Waals surface area contributed by atoms with Gasteiger partial charge in [-0.3, -0.25) is 9.59 Å². The zero-order chi connectivity index (χ0) is 26.7. The normalized spacial score (nSPS) is 12.8. The second kappa shape index (κ2) is 13.5. The molecule has 0 spiro atoms. The van der Waals surface area contributed by atoms with Crippen LogP contribution in [-0.2, 0) is 20.7 Å². The molecule has 0 aliphatic heterocycles. The topological polar surface area (TPSA) is 108 Å². The van der Waals surface area contributed by atoms with Crippen LogP contribution in [0.3, 0.4) is 0 Å². The molecule has 0 heterocycles. The lowest BCUT2D eigenvalue weighted by Crippen LogP contribution is -2.53. The fraction of sp³-hybridized carbons (Fsp3) is 0.464. The first-order chi connectivity index (χ1) is 17.1. The largest absolute Gasteiger partial charge is 0.508 e. The number of nitrogens with one attached hydrogen (secondary N) is 2. The Morgan fingerprint density at radius 1 is 1.03 bits per heavy atom. The quantitative estimate of drug-likeness (QED) is 0.401. The van der Waals surface area contributed by atoms with Crippen LogP contribution < -0.4 is 10.6 Å². The Hall–Kier alpha value is -3.55. The second-order valence-electron chi connectivity index (χ2n) is 9.65. The summed E-state index contributed by atoms with van der Waals surface area (Å²) < 4.78 is 5.41. The monoisotopic (exact) mass is 497 g/mol. The van der Waals surface area contributed by atoms with Gasteiger partial charge in [0.15, 0.2) is 0 Å². The lowest BCUT2D eigenvalue weighted by molar-refractivity contribution is -0.142. The van der Waals surface area contributed by atoms with Gasteiger partial charge in [-0.1, -0.05) is 55.8 Å². The predicted octanol–water partition coefficient (Wildman–Crippen LogP) is 4.33. The van der Waals surface area contributed by atoms with Gasteiger partial charge in [0.05, 0.1) is 0 Å². The van der Waals surface area contributed by atoms with E-state index in [2.05, 4.69) is 10.6 Å². The molecule has 0 fully saturated rings. The minimum atomic E-state index is -0.981. The number of ether oxygens (including phenoxy) is 1. The van der Waals surface area contributed by atoms with Crippen LogP contribution in [0.5, 0.6) is 5.75 Å². The average molecular weight is 498 g/mol. The number of nitrogens with zero attached hydrogens (tertiary/aromatic N) is 1. The lowest BCUT2D eigenvalue weighted by Gasteiger charge is -2.34. The smallest absolute Gasteiger partial charge is 0.408 e. The summed E-state index contributed by atoms with van der Waals surface area (Å²) in [4.78, 5) is 41.3. The Morgan fingerprint density at radius 2 is 1.72 bits per heavy atom. The molecule has 8 heteroatoms. The number of rotatable bonds is 11. The number of alkyl carbamates (subject to hydrolysis) is 1. The summed E-state index contributed by atoms with van der Waals surface area (Å²) in [5.41, 5.74) is 0.595. The number of aromatic hydroxyl groups is 1. The van der Waals surface area contributed by atoms with Crippen molar-refractivity contribution in [2.45, 2.75) is 71.6 Å². The predicted molar refractivity (Wildman–Crippen MR) is 139 cm³/mol. The van der Waals surface area contributed by atoms with Crippen molar-refractivity contribution in [1.82, 2.24) is 15.5 Å². The van der Waals surface area contributed by atoms with Gasteiger partial charge >= 0.3 is 6.09 Å². The number of benzene rings is 2. The first-order valence-corrected chi connectivity index (χ1v) is 12.5. The summed E-state index contributed by atoms with van der Waals surface area (Å²) in [6.07, 6.45) is 1.22. The minimum absolute atomic E-state index is 0.00456. The van der Waals surface area contributed by atoms with E-state index >= 15 is 0 Å². The Labute approximate surface area is 214 Å². The zero-order valence-corrected chi connectivity index (χ0v) is 21.9. The highest BCUT2D eigenvalue weighted by Crippen LogP contribution is 2.26. The van der Waals surface area contributed by atoms with Crippen molar-refractivity contribution in [3.05, 3.63) is 65.7 Å². The maximum Gasteiger partial charge on any atom is 0.408 e. The van der Waals surface area contributed by atoms with E-state index in [0.717, 1.165) is 18.4 Å². The number of likely N-dealkylation sites (N-methyl/N-ethyl adjacent to an activating group) is 1. The number of unbranched alkanes of at least 4 members (excludes halogenated alkanes) is 1. The number of hydrogen-bond acceptors (Lipinski definition) is 5. The summed E-state index contributed by atoms with van der Waals surface area (Å²) >= 11 is 0. The molecule has 0 saturated heterocycles. The minimum Gasteiger partial charge on any atom is -0.508 e. The van der Waals surface area contributed by atoms with Crippen molar-refractivity contribution >= 4 is 17.9 Å². The van der Waals surface area contributed by atoms with Gasteiger partial charge in [-0.25, -0.2) is 4.79 Å². The number of hydrogen-bond donors (Lipinski definition) is 3. The maximum absolute atomic E-state index is 13.9. The van der Waals surface area contributed by atoms with Crippen molar-refractivity contribution in [2.75, 3.05) is 13.1 Å². The maximum atomic E-state index is 13.9. The van der Waals surface area contributed by atoms with Gasteiger partial charge in [0.25, 0.3) is 0 Å². The van der Waals surface area contributed by atoms with Crippen LogP contribution in [0.1, 0.15) is 64.6 Å². The molecule has 0 aliphatic carbocycles. The van der Waals surface area contributed by atoms with Crippen LogP contribution in [0.2, 0.25) is 0 Å². The lowest BCUT2D eigenvalue weighted by atomic mass is 10.00. The molecular weight excluding hydrogens is 458 g/mol. The Bertz CT molecular complexity index is 1000. The van der Waals surface area contributed by atoms with Crippen LogP contribution in [-0.4, -0.2) is 52.6 Å². The SMILES string of the molecule is CCCCNC(=O)C(c1cccc(O)c1)N(CC)C(=O)C(Cc1ccccc1)NC(=O)OC(C)(C)C. The molecular formula is C28H39N3O5. The van der Waals surface area contributed by atoms with Gasteiger partial charge in [0.1, 0.15) is 23.4 Å². The number of carbonyl (C=O) groups is 3. The summed E-state index contributed by atoms with van der Waals surface area (Å²) in [7, 11) is 0. The fourth-order valence-corrected chi connectivity index (χ4v) is 3.82. The molecule has 3 N–H and O–H groups in total. The summed E-state index contributed by atoms with van der Waals surface area (Å²) in [6.45, 7) is 9.73. The zero-order valence-electron chi connectivity index (χ0n) is 21.9. The van der Waals surface area contributed by atoms with Crippen LogP contribution in [0, 0.1) is 0 Å². The van der Waals surface area contributed by atoms with Crippen LogP contribution in [0.25, 0.3) is 0 Å². The van der Waals surface area contributed by atoms with Gasteiger partial charge in [-0.15, -0.1) is 0 Å². The highest BCUT2D eigenvalue weighted by molar-refractivity contribution is 5.92. The molecule has 0 saturated carbocycles. The first kappa shape index (κ1) is 28.7. The Kier molecular flexibility index (Phi) is 10.8. The van der Waals surface area contributed by atoms with E-state index in [1.54, 1.807) is 39.8 Å². The summed E-state index contributed by atoms with van der Waals surface area (Å²) in [6, 6.07) is 13.7. The molecule has 196 valence electrons. The van der Waals surface area contributed by atoms with Crippen LogP contribution >= 0.6 is 0 Å². The molecule has 3 amide bonds. The van der Waals surface area contributed by atoms with Crippen molar-refractivity contribution in [1.29, 1.82) is 0 Å². The Morgan fingerprint density at radius 3 is 2.31 bits per heavy atom. The van der Waals surface area contributed by atoms with Crippen molar-refractivity contribution in [3.63, 3.8) is 0 Å². The highest BCUT2D eigenvalue weighted by atomic mass is 16.6. The van der Waals surface area contributed by atoms with Gasteiger partial charge in [0.2, 0.25) is 11.8 Å². The Balaban J connectivity index is 2.42. The fourth-order valence-electron chi connectivity index (χ4n) is 3.82. The van der Waals surface area contributed by atoms with E-state index in [4.69, 9.17) is 4.74 Å².